The van der Waals surface area contributed by atoms with E-state index in [1.807, 2.05) is 24.3 Å². The summed E-state index contributed by atoms with van der Waals surface area (Å²) in [6.45, 7) is 3.55. The molecule has 1 unspecified atom stereocenters. The summed E-state index contributed by atoms with van der Waals surface area (Å²) >= 11 is 5.99. The molecule has 1 saturated carbocycles. The predicted molar refractivity (Wildman–Crippen MR) is 107 cm³/mol. The van der Waals surface area contributed by atoms with E-state index in [1.54, 1.807) is 0 Å². The van der Waals surface area contributed by atoms with Gasteiger partial charge in [0, 0.05) is 17.6 Å². The van der Waals surface area contributed by atoms with Crippen LogP contribution in [0.5, 0.6) is 0 Å². The zero-order valence-electron chi connectivity index (χ0n) is 16.1. The number of urea groups is 1. The van der Waals surface area contributed by atoms with E-state index >= 15 is 0 Å². The van der Waals surface area contributed by atoms with Crippen molar-refractivity contribution in [2.45, 2.75) is 51.1 Å². The van der Waals surface area contributed by atoms with Crippen LogP contribution in [0.15, 0.2) is 24.3 Å². The number of carboxylic acid groups (broad SMARTS) is 1. The van der Waals surface area contributed by atoms with Crippen molar-refractivity contribution < 1.29 is 14.7 Å². The van der Waals surface area contributed by atoms with Crippen LogP contribution in [0.25, 0.3) is 0 Å². The van der Waals surface area contributed by atoms with Gasteiger partial charge in [-0.05, 0) is 63.4 Å². The number of rotatable bonds is 8. The average Bonchev–Trinajstić information content (AvgIpc) is 2.64. The Morgan fingerprint density at radius 1 is 1.22 bits per heavy atom. The first-order chi connectivity index (χ1) is 12.9. The van der Waals surface area contributed by atoms with Gasteiger partial charge in [-0.1, -0.05) is 30.7 Å². The molecule has 0 saturated heterocycles. The minimum absolute atomic E-state index is 0.0444. The summed E-state index contributed by atoms with van der Waals surface area (Å²) in [6, 6.07) is 7.63. The summed E-state index contributed by atoms with van der Waals surface area (Å²) in [5.74, 6) is -1.01. The monoisotopic (exact) mass is 395 g/mol. The first-order valence-electron chi connectivity index (χ1n) is 9.63. The summed E-state index contributed by atoms with van der Waals surface area (Å²) < 4.78 is 0. The SMILES string of the molecule is CCCN(C)C(CNC(=O)NC1CCC(C(=O)O)CC1)c1ccc(Cl)cc1. The van der Waals surface area contributed by atoms with Crippen LogP contribution in [0.2, 0.25) is 5.02 Å². The minimum atomic E-state index is -0.734. The Labute approximate surface area is 166 Å². The third-order valence-corrected chi connectivity index (χ3v) is 5.48. The number of benzene rings is 1. The van der Waals surface area contributed by atoms with Crippen LogP contribution in [0, 0.1) is 5.92 Å². The van der Waals surface area contributed by atoms with Gasteiger partial charge in [-0.2, -0.15) is 0 Å². The molecule has 1 aliphatic rings. The van der Waals surface area contributed by atoms with E-state index in [1.165, 1.54) is 0 Å². The number of nitrogens with one attached hydrogen (secondary N) is 2. The molecule has 2 rings (SSSR count). The number of carboxylic acids is 1. The molecule has 1 fully saturated rings. The summed E-state index contributed by atoms with van der Waals surface area (Å²) in [7, 11) is 2.05. The largest absolute Gasteiger partial charge is 0.481 e. The molecule has 0 spiro atoms. The zero-order chi connectivity index (χ0) is 19.8. The molecule has 1 atom stereocenters. The lowest BCUT2D eigenvalue weighted by molar-refractivity contribution is -0.142. The van der Waals surface area contributed by atoms with Crippen molar-refractivity contribution in [3.63, 3.8) is 0 Å². The molecule has 0 heterocycles. The molecule has 0 aliphatic heterocycles. The number of aliphatic carboxylic acids is 1. The average molecular weight is 396 g/mol. The zero-order valence-corrected chi connectivity index (χ0v) is 16.8. The Kier molecular flexibility index (Phi) is 8.38. The smallest absolute Gasteiger partial charge is 0.315 e. The molecule has 150 valence electrons. The lowest BCUT2D eigenvalue weighted by Gasteiger charge is -2.30. The van der Waals surface area contributed by atoms with Gasteiger partial charge in [-0.3, -0.25) is 9.69 Å². The third-order valence-electron chi connectivity index (χ3n) is 5.23. The normalized spacial score (nSPS) is 20.9. The minimum Gasteiger partial charge on any atom is -0.481 e. The van der Waals surface area contributed by atoms with Crippen LogP contribution in [0.3, 0.4) is 0 Å². The number of amides is 2. The molecule has 6 nitrogen and oxygen atoms in total. The molecular formula is C20H30ClN3O3. The van der Waals surface area contributed by atoms with Crippen LogP contribution < -0.4 is 10.6 Å². The fraction of sp³-hybridized carbons (Fsp3) is 0.600. The lowest BCUT2D eigenvalue weighted by atomic mass is 9.86. The van der Waals surface area contributed by atoms with Gasteiger partial charge in [0.2, 0.25) is 0 Å². The number of carbonyl (C=O) groups excluding carboxylic acids is 1. The van der Waals surface area contributed by atoms with Crippen molar-refractivity contribution in [3.8, 4) is 0 Å². The second kappa shape index (κ2) is 10.5. The Bertz CT molecular complexity index is 615. The second-order valence-electron chi connectivity index (χ2n) is 7.29. The van der Waals surface area contributed by atoms with E-state index in [0.29, 0.717) is 37.3 Å². The van der Waals surface area contributed by atoms with E-state index < -0.39 is 5.97 Å². The fourth-order valence-corrected chi connectivity index (χ4v) is 3.76. The van der Waals surface area contributed by atoms with Gasteiger partial charge in [0.15, 0.2) is 0 Å². The second-order valence-corrected chi connectivity index (χ2v) is 7.73. The number of hydrogen-bond donors (Lipinski definition) is 3. The standard InChI is InChI=1S/C20H30ClN3O3/c1-3-12-24(2)18(14-4-8-16(21)9-5-14)13-22-20(27)23-17-10-6-15(7-11-17)19(25)26/h4-5,8-9,15,17-18H,3,6-7,10-13H2,1-2H3,(H,25,26)(H2,22,23,27). The molecule has 0 radical (unpaired) electrons. The topological polar surface area (TPSA) is 81.7 Å². The van der Waals surface area contributed by atoms with Crippen molar-refractivity contribution in [2.24, 2.45) is 5.92 Å². The summed E-state index contributed by atoms with van der Waals surface area (Å²) in [5.41, 5.74) is 1.11. The van der Waals surface area contributed by atoms with Crippen molar-refractivity contribution in [3.05, 3.63) is 34.9 Å². The third kappa shape index (κ3) is 6.70. The van der Waals surface area contributed by atoms with Crippen molar-refractivity contribution >= 4 is 23.6 Å². The highest BCUT2D eigenvalue weighted by Crippen LogP contribution is 2.24. The number of likely N-dealkylation sites (N-methyl/N-ethyl adjacent to an activating group) is 1. The highest BCUT2D eigenvalue weighted by atomic mass is 35.5. The van der Waals surface area contributed by atoms with E-state index in [-0.39, 0.29) is 24.0 Å². The highest BCUT2D eigenvalue weighted by Gasteiger charge is 2.27. The van der Waals surface area contributed by atoms with E-state index in [2.05, 4.69) is 29.5 Å². The number of hydrogen-bond acceptors (Lipinski definition) is 3. The highest BCUT2D eigenvalue weighted by molar-refractivity contribution is 6.30. The van der Waals surface area contributed by atoms with E-state index in [9.17, 15) is 9.59 Å². The van der Waals surface area contributed by atoms with Crippen molar-refractivity contribution in [2.75, 3.05) is 20.1 Å². The van der Waals surface area contributed by atoms with Gasteiger partial charge in [0.05, 0.1) is 12.0 Å². The molecule has 7 heteroatoms. The van der Waals surface area contributed by atoms with Crippen LogP contribution in [-0.4, -0.2) is 48.2 Å². The Balaban J connectivity index is 1.87. The molecule has 3 N–H and O–H groups in total. The molecule has 27 heavy (non-hydrogen) atoms. The van der Waals surface area contributed by atoms with Gasteiger partial charge < -0.3 is 15.7 Å². The van der Waals surface area contributed by atoms with Crippen molar-refractivity contribution in [1.29, 1.82) is 0 Å². The van der Waals surface area contributed by atoms with Gasteiger partial charge in [0.25, 0.3) is 0 Å². The maximum absolute atomic E-state index is 12.3. The summed E-state index contributed by atoms with van der Waals surface area (Å²) in [4.78, 5) is 25.6. The molecule has 0 aromatic heterocycles. The molecule has 1 aromatic rings. The van der Waals surface area contributed by atoms with Crippen LogP contribution in [0.4, 0.5) is 4.79 Å². The number of halogens is 1. The summed E-state index contributed by atoms with van der Waals surface area (Å²) in [6.07, 6.45) is 3.68. The van der Waals surface area contributed by atoms with E-state index in [0.717, 1.165) is 18.5 Å². The van der Waals surface area contributed by atoms with Crippen LogP contribution in [0.1, 0.15) is 50.6 Å². The number of carbonyl (C=O) groups is 2. The fourth-order valence-electron chi connectivity index (χ4n) is 3.63. The molecule has 0 bridgehead atoms. The van der Waals surface area contributed by atoms with Crippen LogP contribution >= 0.6 is 11.6 Å². The van der Waals surface area contributed by atoms with Gasteiger partial charge in [0.1, 0.15) is 0 Å². The lowest BCUT2D eigenvalue weighted by Crippen LogP contribution is -2.46. The first-order valence-corrected chi connectivity index (χ1v) is 10.0. The number of nitrogens with zero attached hydrogens (tertiary/aromatic N) is 1. The molecule has 1 aromatic carbocycles. The molecular weight excluding hydrogens is 366 g/mol. The maximum Gasteiger partial charge on any atom is 0.315 e. The molecule has 2 amide bonds. The van der Waals surface area contributed by atoms with E-state index in [4.69, 9.17) is 16.7 Å². The van der Waals surface area contributed by atoms with Crippen LogP contribution in [-0.2, 0) is 4.79 Å². The maximum atomic E-state index is 12.3. The summed E-state index contributed by atoms with van der Waals surface area (Å²) in [5, 5.41) is 15.7. The first kappa shape index (κ1) is 21.5. The van der Waals surface area contributed by atoms with Gasteiger partial charge >= 0.3 is 12.0 Å². The quantitative estimate of drug-likeness (QED) is 0.627. The Hall–Kier alpha value is -1.79. The van der Waals surface area contributed by atoms with Gasteiger partial charge in [-0.15, -0.1) is 0 Å². The predicted octanol–water partition coefficient (Wildman–Crippen LogP) is 3.67. The molecule has 1 aliphatic carbocycles. The Morgan fingerprint density at radius 2 is 1.85 bits per heavy atom. The van der Waals surface area contributed by atoms with Gasteiger partial charge in [-0.25, -0.2) is 4.79 Å². The Morgan fingerprint density at radius 3 is 2.41 bits per heavy atom. The van der Waals surface area contributed by atoms with Crippen molar-refractivity contribution in [1.82, 2.24) is 15.5 Å².